The van der Waals surface area contributed by atoms with Gasteiger partial charge in [0.1, 0.15) is 7.11 Å². The van der Waals surface area contributed by atoms with Gasteiger partial charge >= 0.3 is 0 Å². The molecule has 0 aromatic rings. The Morgan fingerprint density at radius 1 is 0.969 bits per heavy atom. The molecule has 0 aliphatic heterocycles. The van der Waals surface area contributed by atoms with Gasteiger partial charge in [-0.2, -0.15) is 0 Å². The summed E-state index contributed by atoms with van der Waals surface area (Å²) in [4.78, 5) is 5.31. The highest BCUT2D eigenvalue weighted by molar-refractivity contribution is 5.99. The molecular formula is C29H47NO2. The van der Waals surface area contributed by atoms with Crippen LogP contribution in [-0.4, -0.2) is 24.0 Å². The van der Waals surface area contributed by atoms with Gasteiger partial charge in [0, 0.05) is 5.92 Å². The Labute approximate surface area is 196 Å². The highest BCUT2D eigenvalue weighted by Crippen LogP contribution is 2.66. The van der Waals surface area contributed by atoms with Crippen molar-refractivity contribution in [1.29, 1.82) is 0 Å². The van der Waals surface area contributed by atoms with Crippen LogP contribution in [-0.2, 0) is 4.84 Å². The van der Waals surface area contributed by atoms with Crippen LogP contribution in [0.1, 0.15) is 86.5 Å². The first-order chi connectivity index (χ1) is 15.1. The van der Waals surface area contributed by atoms with Crippen molar-refractivity contribution in [2.75, 3.05) is 7.11 Å². The van der Waals surface area contributed by atoms with Crippen LogP contribution in [0.2, 0.25) is 0 Å². The van der Waals surface area contributed by atoms with E-state index in [2.05, 4.69) is 64.9 Å². The number of rotatable bonds is 5. The quantitative estimate of drug-likeness (QED) is 0.368. The van der Waals surface area contributed by atoms with Crippen molar-refractivity contribution in [2.24, 2.45) is 57.4 Å². The van der Waals surface area contributed by atoms with Gasteiger partial charge in [-0.15, -0.1) is 0 Å². The monoisotopic (exact) mass is 441 g/mol. The SMILES string of the molecule is CO/N=C1/C=C2[C@@H]3CC[C@H]([C@H](C)/C=C/[C@H](C)C(C)C)[C@@]3(C)CC[C@@H]2[C@@]2(C)CCC(O)CC12. The van der Waals surface area contributed by atoms with E-state index < -0.39 is 0 Å². The van der Waals surface area contributed by atoms with Gasteiger partial charge in [0.05, 0.1) is 11.8 Å². The highest BCUT2D eigenvalue weighted by atomic mass is 16.6. The fourth-order valence-corrected chi connectivity index (χ4v) is 8.17. The number of fused-ring (bicyclic) bond motifs is 5. The van der Waals surface area contributed by atoms with Gasteiger partial charge in [-0.05, 0) is 97.4 Å². The molecule has 1 N–H and O–H groups in total. The normalized spacial score (nSPS) is 44.7. The number of aliphatic hydroxyl groups excluding tert-OH is 1. The molecule has 2 unspecified atom stereocenters. The fraction of sp³-hybridized carbons (Fsp3) is 0.828. The van der Waals surface area contributed by atoms with Crippen molar-refractivity contribution < 1.29 is 9.94 Å². The zero-order chi connectivity index (χ0) is 23.3. The minimum absolute atomic E-state index is 0.198. The molecule has 0 aromatic carbocycles. The van der Waals surface area contributed by atoms with Crippen LogP contribution in [0.4, 0.5) is 0 Å². The van der Waals surface area contributed by atoms with Gasteiger partial charge in [-0.3, -0.25) is 0 Å². The average Bonchev–Trinajstić information content (AvgIpc) is 3.10. The Balaban J connectivity index is 1.64. The van der Waals surface area contributed by atoms with E-state index in [0.29, 0.717) is 40.9 Å². The molecule has 0 saturated heterocycles. The van der Waals surface area contributed by atoms with Crippen LogP contribution in [0.3, 0.4) is 0 Å². The Morgan fingerprint density at radius 3 is 2.34 bits per heavy atom. The van der Waals surface area contributed by atoms with Crippen LogP contribution in [0.15, 0.2) is 29.0 Å². The Kier molecular flexibility index (Phi) is 6.71. The van der Waals surface area contributed by atoms with E-state index >= 15 is 0 Å². The van der Waals surface area contributed by atoms with Crippen molar-refractivity contribution in [3.8, 4) is 0 Å². The summed E-state index contributed by atoms with van der Waals surface area (Å²) >= 11 is 0. The smallest absolute Gasteiger partial charge is 0.106 e. The molecule has 9 atom stereocenters. The summed E-state index contributed by atoms with van der Waals surface area (Å²) in [6.07, 6.45) is 15.4. The molecule has 3 saturated carbocycles. The fourth-order valence-electron chi connectivity index (χ4n) is 8.17. The minimum atomic E-state index is -0.198. The van der Waals surface area contributed by atoms with Gasteiger partial charge in [0.15, 0.2) is 0 Å². The number of allylic oxidation sites excluding steroid dienone is 4. The maximum absolute atomic E-state index is 10.4. The van der Waals surface area contributed by atoms with Gasteiger partial charge in [-0.25, -0.2) is 0 Å². The predicted octanol–water partition coefficient (Wildman–Crippen LogP) is 7.02. The number of hydrogen-bond donors (Lipinski definition) is 1. The third-order valence-electron chi connectivity index (χ3n) is 10.6. The molecule has 180 valence electrons. The second-order valence-corrected chi connectivity index (χ2v) is 12.5. The zero-order valence-electron chi connectivity index (χ0n) is 21.6. The van der Waals surface area contributed by atoms with E-state index in [0.717, 1.165) is 30.9 Å². The van der Waals surface area contributed by atoms with Crippen molar-refractivity contribution in [3.05, 3.63) is 23.8 Å². The third-order valence-corrected chi connectivity index (χ3v) is 10.6. The molecule has 0 heterocycles. The van der Waals surface area contributed by atoms with E-state index in [-0.39, 0.29) is 11.5 Å². The Morgan fingerprint density at radius 2 is 1.66 bits per heavy atom. The molecule has 0 bridgehead atoms. The molecule has 4 rings (SSSR count). The molecule has 32 heavy (non-hydrogen) atoms. The Bertz CT molecular complexity index is 782. The summed E-state index contributed by atoms with van der Waals surface area (Å²) < 4.78 is 0. The molecule has 0 radical (unpaired) electrons. The molecule has 0 amide bonds. The average molecular weight is 442 g/mol. The lowest BCUT2D eigenvalue weighted by Crippen LogP contribution is -2.52. The number of hydrogen-bond acceptors (Lipinski definition) is 3. The summed E-state index contributed by atoms with van der Waals surface area (Å²) in [6, 6.07) is 0. The summed E-state index contributed by atoms with van der Waals surface area (Å²) in [5, 5.41) is 14.9. The van der Waals surface area contributed by atoms with E-state index in [1.54, 1.807) is 12.7 Å². The van der Waals surface area contributed by atoms with Crippen molar-refractivity contribution in [2.45, 2.75) is 92.6 Å². The van der Waals surface area contributed by atoms with Gasteiger partial charge in [-0.1, -0.05) is 64.4 Å². The maximum Gasteiger partial charge on any atom is 0.106 e. The van der Waals surface area contributed by atoms with E-state index in [4.69, 9.17) is 4.84 Å². The van der Waals surface area contributed by atoms with E-state index in [9.17, 15) is 5.11 Å². The lowest BCUT2D eigenvalue weighted by atomic mass is 9.47. The van der Waals surface area contributed by atoms with Crippen molar-refractivity contribution >= 4 is 5.71 Å². The maximum atomic E-state index is 10.4. The number of nitrogens with zero attached hydrogens (tertiary/aromatic N) is 1. The van der Waals surface area contributed by atoms with Crippen LogP contribution in [0, 0.1) is 52.3 Å². The van der Waals surface area contributed by atoms with Crippen LogP contribution in [0.25, 0.3) is 0 Å². The second-order valence-electron chi connectivity index (χ2n) is 12.5. The first-order valence-corrected chi connectivity index (χ1v) is 13.3. The number of aliphatic hydroxyl groups is 1. The summed E-state index contributed by atoms with van der Waals surface area (Å²) in [7, 11) is 1.66. The first-order valence-electron chi connectivity index (χ1n) is 13.3. The van der Waals surface area contributed by atoms with Crippen LogP contribution < -0.4 is 0 Å². The second kappa shape index (κ2) is 8.93. The number of oxime groups is 1. The minimum Gasteiger partial charge on any atom is -0.399 e. The Hall–Kier alpha value is -1.09. The first kappa shape index (κ1) is 24.0. The van der Waals surface area contributed by atoms with E-state index in [1.807, 2.05) is 0 Å². The molecule has 3 fully saturated rings. The molecule has 4 aliphatic carbocycles. The third kappa shape index (κ3) is 3.91. The lowest BCUT2D eigenvalue weighted by molar-refractivity contribution is -0.0160. The summed E-state index contributed by atoms with van der Waals surface area (Å²) in [5.74, 6) is 4.36. The molecule has 0 spiro atoms. The molecular weight excluding hydrogens is 394 g/mol. The summed E-state index contributed by atoms with van der Waals surface area (Å²) in [6.45, 7) is 14.5. The van der Waals surface area contributed by atoms with Gasteiger partial charge in [0.25, 0.3) is 0 Å². The zero-order valence-corrected chi connectivity index (χ0v) is 21.6. The van der Waals surface area contributed by atoms with Crippen LogP contribution in [0.5, 0.6) is 0 Å². The standard InChI is InChI=1S/C29H47NO2/c1-18(2)19(3)8-9-20(4)23-10-11-24-22-17-27(30-32-7)26-16-21(31)12-14-29(26,6)25(22)13-15-28(23,24)5/h8-9,17-21,23-26,31H,10-16H2,1-7H3/b9-8+,30-27-/t19-,20+,21?,23+,24-,25-,26?,28+,29+/m0/s1. The summed E-state index contributed by atoms with van der Waals surface area (Å²) in [5.41, 5.74) is 3.34. The topological polar surface area (TPSA) is 41.8 Å². The van der Waals surface area contributed by atoms with Gasteiger partial charge < -0.3 is 9.94 Å². The molecule has 3 heteroatoms. The van der Waals surface area contributed by atoms with E-state index in [1.165, 1.54) is 25.7 Å². The van der Waals surface area contributed by atoms with Crippen molar-refractivity contribution in [1.82, 2.24) is 0 Å². The van der Waals surface area contributed by atoms with Crippen LogP contribution >= 0.6 is 0 Å². The molecule has 3 nitrogen and oxygen atoms in total. The lowest BCUT2D eigenvalue weighted by Gasteiger charge is -2.57. The largest absolute Gasteiger partial charge is 0.399 e. The van der Waals surface area contributed by atoms with Gasteiger partial charge in [0.2, 0.25) is 0 Å². The predicted molar refractivity (Wildman–Crippen MR) is 133 cm³/mol. The van der Waals surface area contributed by atoms with Crippen molar-refractivity contribution in [3.63, 3.8) is 0 Å². The molecule has 4 aliphatic rings. The molecule has 0 aromatic heterocycles. The highest BCUT2D eigenvalue weighted by Gasteiger charge is 2.59.